The number of methoxy groups -OCH3 is 3. The van der Waals surface area contributed by atoms with Gasteiger partial charge < -0.3 is 14.2 Å². The summed E-state index contributed by atoms with van der Waals surface area (Å²) in [5.74, 6) is 1.99. The number of nitriles is 1. The van der Waals surface area contributed by atoms with Crippen LogP contribution in [-0.4, -0.2) is 21.3 Å². The summed E-state index contributed by atoms with van der Waals surface area (Å²) in [7, 11) is 4.77. The van der Waals surface area contributed by atoms with Crippen LogP contribution in [0.5, 0.6) is 17.2 Å². The quantitative estimate of drug-likeness (QED) is 0.845. The van der Waals surface area contributed by atoms with Crippen LogP contribution in [0.4, 0.5) is 0 Å². The van der Waals surface area contributed by atoms with Crippen molar-refractivity contribution >= 4 is 0 Å². The van der Waals surface area contributed by atoms with Crippen molar-refractivity contribution in [2.45, 2.75) is 6.42 Å². The van der Waals surface area contributed by atoms with E-state index in [0.29, 0.717) is 23.5 Å². The molecule has 0 atom stereocenters. The van der Waals surface area contributed by atoms with Crippen LogP contribution < -0.4 is 14.2 Å². The van der Waals surface area contributed by atoms with E-state index >= 15 is 0 Å². The van der Waals surface area contributed by atoms with E-state index in [2.05, 4.69) is 6.07 Å². The second kappa shape index (κ2) is 6.67. The lowest BCUT2D eigenvalue weighted by Crippen LogP contribution is -2.01. The number of benzene rings is 2. The van der Waals surface area contributed by atoms with E-state index in [0.717, 1.165) is 16.9 Å². The van der Waals surface area contributed by atoms with Crippen LogP contribution in [0.25, 0.3) is 0 Å². The zero-order valence-corrected chi connectivity index (χ0v) is 12.3. The molecule has 0 unspecified atom stereocenters. The Bertz CT molecular complexity index is 674. The fraction of sp³-hybridized carbons (Fsp3) is 0.235. The third-order valence-electron chi connectivity index (χ3n) is 3.34. The van der Waals surface area contributed by atoms with E-state index in [1.54, 1.807) is 27.4 Å². The topological polar surface area (TPSA) is 51.5 Å². The molecule has 0 saturated carbocycles. The summed E-state index contributed by atoms with van der Waals surface area (Å²) in [6.45, 7) is 0. The van der Waals surface area contributed by atoms with E-state index in [-0.39, 0.29) is 0 Å². The van der Waals surface area contributed by atoms with Crippen LogP contribution >= 0.6 is 0 Å². The second-order valence-electron chi connectivity index (χ2n) is 4.42. The Morgan fingerprint density at radius 2 is 1.48 bits per heavy atom. The first-order valence-corrected chi connectivity index (χ1v) is 6.51. The van der Waals surface area contributed by atoms with E-state index in [9.17, 15) is 5.26 Å². The van der Waals surface area contributed by atoms with Crippen molar-refractivity contribution in [3.63, 3.8) is 0 Å². The van der Waals surface area contributed by atoms with Crippen molar-refractivity contribution in [1.29, 1.82) is 5.26 Å². The Hall–Kier alpha value is -2.67. The maximum atomic E-state index is 9.44. The molecule has 0 aliphatic carbocycles. The minimum Gasteiger partial charge on any atom is -0.496 e. The number of para-hydroxylation sites is 1. The smallest absolute Gasteiger partial charge is 0.137 e. The maximum Gasteiger partial charge on any atom is 0.137 e. The maximum absolute atomic E-state index is 9.44. The van der Waals surface area contributed by atoms with Gasteiger partial charge in [-0.1, -0.05) is 18.2 Å². The molecule has 2 rings (SSSR count). The summed E-state index contributed by atoms with van der Waals surface area (Å²) in [5, 5.41) is 9.44. The molecular formula is C17H17NO3. The highest BCUT2D eigenvalue weighted by molar-refractivity contribution is 5.57. The van der Waals surface area contributed by atoms with E-state index in [1.807, 2.05) is 30.3 Å². The Morgan fingerprint density at radius 1 is 0.857 bits per heavy atom. The molecule has 0 radical (unpaired) electrons. The van der Waals surface area contributed by atoms with Crippen LogP contribution in [-0.2, 0) is 6.42 Å². The second-order valence-corrected chi connectivity index (χ2v) is 4.42. The highest BCUT2D eigenvalue weighted by atomic mass is 16.5. The number of rotatable bonds is 5. The SMILES string of the molecule is COc1ccccc1Cc1c(OC)ccc(OC)c1C#N. The number of hydrogen-bond donors (Lipinski definition) is 0. The van der Waals surface area contributed by atoms with Gasteiger partial charge in [-0.05, 0) is 23.8 Å². The molecule has 108 valence electrons. The molecule has 0 amide bonds. The highest BCUT2D eigenvalue weighted by Crippen LogP contribution is 2.33. The Balaban J connectivity index is 2.54. The van der Waals surface area contributed by atoms with Gasteiger partial charge in [0, 0.05) is 12.0 Å². The monoisotopic (exact) mass is 283 g/mol. The fourth-order valence-electron chi connectivity index (χ4n) is 2.31. The Morgan fingerprint density at radius 3 is 2.10 bits per heavy atom. The zero-order valence-electron chi connectivity index (χ0n) is 12.3. The Labute approximate surface area is 124 Å². The number of ether oxygens (including phenoxy) is 3. The molecule has 2 aromatic carbocycles. The van der Waals surface area contributed by atoms with Gasteiger partial charge in [-0.3, -0.25) is 0 Å². The van der Waals surface area contributed by atoms with E-state index < -0.39 is 0 Å². The largest absolute Gasteiger partial charge is 0.496 e. The van der Waals surface area contributed by atoms with Gasteiger partial charge in [-0.25, -0.2) is 0 Å². The summed E-state index contributed by atoms with van der Waals surface area (Å²) < 4.78 is 16.0. The lowest BCUT2D eigenvalue weighted by molar-refractivity contribution is 0.396. The Kier molecular flexibility index (Phi) is 4.68. The van der Waals surface area contributed by atoms with Crippen LogP contribution in [0.2, 0.25) is 0 Å². The molecule has 0 N–H and O–H groups in total. The van der Waals surface area contributed by atoms with Crippen LogP contribution in [0.15, 0.2) is 36.4 Å². The van der Waals surface area contributed by atoms with Crippen molar-refractivity contribution in [1.82, 2.24) is 0 Å². The number of nitrogens with zero attached hydrogens (tertiary/aromatic N) is 1. The lowest BCUT2D eigenvalue weighted by Gasteiger charge is -2.14. The number of hydrogen-bond acceptors (Lipinski definition) is 4. The molecule has 2 aromatic rings. The summed E-state index contributed by atoms with van der Waals surface area (Å²) in [4.78, 5) is 0. The summed E-state index contributed by atoms with van der Waals surface area (Å²) >= 11 is 0. The standard InChI is InChI=1S/C17H17NO3/c1-19-15-7-5-4-6-12(15)10-13-14(11-18)17(21-3)9-8-16(13)20-2/h4-9H,10H2,1-3H3. The van der Waals surface area contributed by atoms with Gasteiger partial charge >= 0.3 is 0 Å². The van der Waals surface area contributed by atoms with Gasteiger partial charge in [0.15, 0.2) is 0 Å². The first-order valence-electron chi connectivity index (χ1n) is 6.51. The van der Waals surface area contributed by atoms with Gasteiger partial charge in [0.1, 0.15) is 28.9 Å². The molecular weight excluding hydrogens is 266 g/mol. The molecule has 0 spiro atoms. The molecule has 0 aromatic heterocycles. The predicted molar refractivity (Wildman–Crippen MR) is 80.1 cm³/mol. The average molecular weight is 283 g/mol. The average Bonchev–Trinajstić information content (AvgIpc) is 2.54. The summed E-state index contributed by atoms with van der Waals surface area (Å²) in [5.41, 5.74) is 2.27. The minimum atomic E-state index is 0.489. The highest BCUT2D eigenvalue weighted by Gasteiger charge is 2.16. The normalized spacial score (nSPS) is 9.81. The molecule has 0 fully saturated rings. The lowest BCUT2D eigenvalue weighted by atomic mass is 9.98. The van der Waals surface area contributed by atoms with Crippen molar-refractivity contribution in [2.75, 3.05) is 21.3 Å². The summed E-state index contributed by atoms with van der Waals surface area (Å²) in [6.07, 6.45) is 0.535. The third kappa shape index (κ3) is 2.92. The van der Waals surface area contributed by atoms with E-state index in [4.69, 9.17) is 14.2 Å². The minimum absolute atomic E-state index is 0.489. The van der Waals surface area contributed by atoms with Gasteiger partial charge in [-0.15, -0.1) is 0 Å². The molecule has 4 heteroatoms. The first kappa shape index (κ1) is 14.7. The molecule has 0 bridgehead atoms. The molecule has 0 aliphatic heterocycles. The van der Waals surface area contributed by atoms with Gasteiger partial charge in [0.2, 0.25) is 0 Å². The molecule has 4 nitrogen and oxygen atoms in total. The summed E-state index contributed by atoms with van der Waals surface area (Å²) in [6, 6.07) is 13.5. The van der Waals surface area contributed by atoms with Crippen molar-refractivity contribution in [3.8, 4) is 23.3 Å². The van der Waals surface area contributed by atoms with Gasteiger partial charge in [-0.2, -0.15) is 5.26 Å². The molecule has 0 aliphatic rings. The van der Waals surface area contributed by atoms with Crippen molar-refractivity contribution in [3.05, 3.63) is 53.1 Å². The third-order valence-corrected chi connectivity index (χ3v) is 3.34. The first-order chi connectivity index (χ1) is 10.2. The predicted octanol–water partition coefficient (Wildman–Crippen LogP) is 3.17. The van der Waals surface area contributed by atoms with Crippen molar-refractivity contribution < 1.29 is 14.2 Å². The van der Waals surface area contributed by atoms with Crippen LogP contribution in [0, 0.1) is 11.3 Å². The van der Waals surface area contributed by atoms with E-state index in [1.165, 1.54) is 0 Å². The zero-order chi connectivity index (χ0) is 15.2. The van der Waals surface area contributed by atoms with Crippen LogP contribution in [0.3, 0.4) is 0 Å². The fourth-order valence-corrected chi connectivity index (χ4v) is 2.31. The van der Waals surface area contributed by atoms with Crippen LogP contribution in [0.1, 0.15) is 16.7 Å². The molecule has 0 saturated heterocycles. The van der Waals surface area contributed by atoms with Crippen molar-refractivity contribution in [2.24, 2.45) is 0 Å². The molecule has 0 heterocycles. The van der Waals surface area contributed by atoms with Gasteiger partial charge in [0.25, 0.3) is 0 Å². The molecule has 21 heavy (non-hydrogen) atoms. The van der Waals surface area contributed by atoms with Gasteiger partial charge in [0.05, 0.1) is 21.3 Å².